The second-order valence-electron chi connectivity index (χ2n) is 3.24. The monoisotopic (exact) mass is 164 g/mol. The molecule has 2 unspecified atom stereocenters. The third-order valence-corrected chi connectivity index (χ3v) is 3.85. The van der Waals surface area contributed by atoms with E-state index in [1.54, 1.807) is 10.9 Å². The number of hydrogen-bond acceptors (Lipinski definition) is 0. The zero-order valence-corrected chi connectivity index (χ0v) is 7.80. The third kappa shape index (κ3) is 1.46. The molecule has 0 amide bonds. The van der Waals surface area contributed by atoms with Gasteiger partial charge in [0.25, 0.3) is 0 Å². The maximum atomic E-state index is 2.36. The predicted octanol–water partition coefficient (Wildman–Crippen LogP) is 2.33. The highest BCUT2D eigenvalue weighted by atomic mass is 31.1. The molecule has 0 radical (unpaired) electrons. The van der Waals surface area contributed by atoms with Crippen LogP contribution in [0.5, 0.6) is 0 Å². The topological polar surface area (TPSA) is 0 Å². The Labute approximate surface area is 69.8 Å². The molecule has 11 heavy (non-hydrogen) atoms. The Morgan fingerprint density at radius 2 is 2.18 bits per heavy atom. The van der Waals surface area contributed by atoms with Crippen LogP contribution in [0.25, 0.3) is 0 Å². The minimum absolute atomic E-state index is 0.921. The lowest BCUT2D eigenvalue weighted by molar-refractivity contribution is 0.801. The molecule has 0 bridgehead atoms. The van der Waals surface area contributed by atoms with E-state index in [-0.39, 0.29) is 0 Å². The zero-order valence-electron chi connectivity index (χ0n) is 6.80. The number of rotatable bonds is 0. The van der Waals surface area contributed by atoms with E-state index < -0.39 is 0 Å². The van der Waals surface area contributed by atoms with Crippen molar-refractivity contribution >= 4 is 13.9 Å². The Hall–Kier alpha value is -0.350. The second-order valence-corrected chi connectivity index (χ2v) is 5.05. The minimum atomic E-state index is 0.921. The van der Waals surface area contributed by atoms with Crippen LogP contribution in [0.3, 0.4) is 0 Å². The second kappa shape index (κ2) is 2.95. The molecule has 1 heterocycles. The van der Waals surface area contributed by atoms with Gasteiger partial charge in [0.1, 0.15) is 0 Å². The van der Waals surface area contributed by atoms with Crippen LogP contribution in [-0.2, 0) is 6.42 Å². The quantitative estimate of drug-likeness (QED) is 0.516. The summed E-state index contributed by atoms with van der Waals surface area (Å²) in [6.07, 6.45) is 2.68. The van der Waals surface area contributed by atoms with Gasteiger partial charge in [-0.25, -0.2) is 0 Å². The van der Waals surface area contributed by atoms with Gasteiger partial charge >= 0.3 is 0 Å². The summed E-state index contributed by atoms with van der Waals surface area (Å²) < 4.78 is 0. The van der Waals surface area contributed by atoms with E-state index >= 15 is 0 Å². The van der Waals surface area contributed by atoms with Crippen LogP contribution < -0.4 is 5.30 Å². The van der Waals surface area contributed by atoms with Crippen LogP contribution in [0.4, 0.5) is 0 Å². The molecule has 1 aromatic carbocycles. The van der Waals surface area contributed by atoms with Crippen LogP contribution in [0.15, 0.2) is 24.3 Å². The maximum Gasteiger partial charge on any atom is -0.0221 e. The molecule has 58 valence electrons. The summed E-state index contributed by atoms with van der Waals surface area (Å²) in [6.45, 7) is 2.36. The van der Waals surface area contributed by atoms with Crippen molar-refractivity contribution in [2.24, 2.45) is 0 Å². The molecule has 0 N–H and O–H groups in total. The third-order valence-electron chi connectivity index (χ3n) is 2.27. The molecule has 0 spiro atoms. The zero-order chi connectivity index (χ0) is 7.68. The van der Waals surface area contributed by atoms with Gasteiger partial charge in [-0.05, 0) is 29.4 Å². The average molecular weight is 164 g/mol. The van der Waals surface area contributed by atoms with Crippen molar-refractivity contribution in [2.45, 2.75) is 25.4 Å². The molecule has 0 aromatic heterocycles. The summed E-state index contributed by atoms with van der Waals surface area (Å²) in [6, 6.07) is 8.86. The maximum absolute atomic E-state index is 2.36. The van der Waals surface area contributed by atoms with Crippen molar-refractivity contribution in [1.82, 2.24) is 0 Å². The lowest BCUT2D eigenvalue weighted by Crippen LogP contribution is -2.15. The van der Waals surface area contributed by atoms with Gasteiger partial charge in [-0.15, -0.1) is 0 Å². The summed E-state index contributed by atoms with van der Waals surface area (Å²) >= 11 is 0. The van der Waals surface area contributed by atoms with Gasteiger partial charge in [0, 0.05) is 0 Å². The first-order valence-corrected chi connectivity index (χ1v) is 5.28. The fourth-order valence-electron chi connectivity index (χ4n) is 1.59. The Bertz CT molecular complexity index is 255. The molecule has 1 aromatic rings. The molecule has 1 aliphatic heterocycles. The van der Waals surface area contributed by atoms with Gasteiger partial charge in [-0.1, -0.05) is 39.8 Å². The standard InChI is InChI=1S/C10H13P/c1-8-6-7-9-4-2-3-5-10(9)11-8/h2-5,8,11H,6-7H2,1H3. The Kier molecular flexibility index (Phi) is 1.96. The summed E-state index contributed by atoms with van der Waals surface area (Å²) in [5, 5.41) is 1.60. The Balaban J connectivity index is 2.34. The molecule has 2 rings (SSSR count). The first kappa shape index (κ1) is 7.31. The van der Waals surface area contributed by atoms with Gasteiger partial charge in [-0.2, -0.15) is 0 Å². The summed E-state index contributed by atoms with van der Waals surface area (Å²) in [4.78, 5) is 0. The number of aryl methyl sites for hydroxylation is 1. The number of hydrogen-bond donors (Lipinski definition) is 0. The summed E-state index contributed by atoms with van der Waals surface area (Å²) in [7, 11) is 1.05. The van der Waals surface area contributed by atoms with E-state index in [1.807, 2.05) is 0 Å². The minimum Gasteiger partial charge on any atom is -0.0872 e. The largest absolute Gasteiger partial charge is 0.0872 e. The normalized spacial score (nSPS) is 25.0. The van der Waals surface area contributed by atoms with Gasteiger partial charge in [0.2, 0.25) is 0 Å². The molecule has 1 heteroatoms. The molecule has 2 atom stereocenters. The Morgan fingerprint density at radius 3 is 3.09 bits per heavy atom. The molecule has 0 aliphatic carbocycles. The van der Waals surface area contributed by atoms with Crippen LogP contribution in [0.1, 0.15) is 18.9 Å². The van der Waals surface area contributed by atoms with E-state index in [4.69, 9.17) is 0 Å². The molecular weight excluding hydrogens is 151 g/mol. The van der Waals surface area contributed by atoms with E-state index in [0.29, 0.717) is 0 Å². The highest BCUT2D eigenvalue weighted by Gasteiger charge is 2.13. The highest BCUT2D eigenvalue weighted by molar-refractivity contribution is 7.48. The lowest BCUT2D eigenvalue weighted by atomic mass is 10.1. The summed E-state index contributed by atoms with van der Waals surface area (Å²) in [5.74, 6) is 0. The van der Waals surface area contributed by atoms with E-state index in [9.17, 15) is 0 Å². The fourth-order valence-corrected chi connectivity index (χ4v) is 2.99. The predicted molar refractivity (Wildman–Crippen MR) is 52.2 cm³/mol. The van der Waals surface area contributed by atoms with Gasteiger partial charge < -0.3 is 0 Å². The van der Waals surface area contributed by atoms with Crippen molar-refractivity contribution in [2.75, 3.05) is 0 Å². The van der Waals surface area contributed by atoms with Crippen molar-refractivity contribution in [3.63, 3.8) is 0 Å². The Morgan fingerprint density at radius 1 is 1.36 bits per heavy atom. The molecule has 0 nitrogen and oxygen atoms in total. The van der Waals surface area contributed by atoms with Crippen molar-refractivity contribution in [3.8, 4) is 0 Å². The van der Waals surface area contributed by atoms with E-state index in [2.05, 4.69) is 31.2 Å². The molecule has 1 aliphatic rings. The SMILES string of the molecule is CC1CCc2ccccc2P1. The van der Waals surface area contributed by atoms with Crippen LogP contribution >= 0.6 is 8.58 Å². The molecule has 0 fully saturated rings. The van der Waals surface area contributed by atoms with Crippen LogP contribution in [-0.4, -0.2) is 5.66 Å². The van der Waals surface area contributed by atoms with Crippen molar-refractivity contribution < 1.29 is 0 Å². The van der Waals surface area contributed by atoms with Crippen LogP contribution in [0.2, 0.25) is 0 Å². The van der Waals surface area contributed by atoms with Gasteiger partial charge in [0.15, 0.2) is 0 Å². The van der Waals surface area contributed by atoms with E-state index in [0.717, 1.165) is 14.2 Å². The van der Waals surface area contributed by atoms with E-state index in [1.165, 1.54) is 12.8 Å². The van der Waals surface area contributed by atoms with Gasteiger partial charge in [0.05, 0.1) is 0 Å². The van der Waals surface area contributed by atoms with Crippen molar-refractivity contribution in [1.29, 1.82) is 0 Å². The molecule has 0 saturated carbocycles. The number of fused-ring (bicyclic) bond motifs is 1. The smallest absolute Gasteiger partial charge is 0.0221 e. The van der Waals surface area contributed by atoms with Crippen LogP contribution in [0, 0.1) is 0 Å². The van der Waals surface area contributed by atoms with Crippen molar-refractivity contribution in [3.05, 3.63) is 29.8 Å². The number of benzene rings is 1. The molecular formula is C10H13P. The first-order chi connectivity index (χ1) is 5.36. The first-order valence-electron chi connectivity index (χ1n) is 4.21. The fraction of sp³-hybridized carbons (Fsp3) is 0.400. The van der Waals surface area contributed by atoms with Gasteiger partial charge in [-0.3, -0.25) is 0 Å². The molecule has 0 saturated heterocycles. The lowest BCUT2D eigenvalue weighted by Gasteiger charge is -2.20. The highest BCUT2D eigenvalue weighted by Crippen LogP contribution is 2.29. The average Bonchev–Trinajstić information content (AvgIpc) is 2.04. The summed E-state index contributed by atoms with van der Waals surface area (Å²) in [5.41, 5.74) is 2.51.